The number of hydrogen-bond acceptors (Lipinski definition) is 6. The third kappa shape index (κ3) is 2.49. The molecule has 0 radical (unpaired) electrons. The van der Waals surface area contributed by atoms with Crippen LogP contribution < -0.4 is 5.56 Å². The van der Waals surface area contributed by atoms with Gasteiger partial charge in [0.2, 0.25) is 0 Å². The van der Waals surface area contributed by atoms with Crippen LogP contribution in [0.1, 0.15) is 18.7 Å². The molecule has 3 aromatic rings. The van der Waals surface area contributed by atoms with Crippen molar-refractivity contribution < 1.29 is 9.47 Å². The van der Waals surface area contributed by atoms with Crippen LogP contribution in [0.2, 0.25) is 0 Å². The van der Waals surface area contributed by atoms with Gasteiger partial charge in [0.25, 0.3) is 11.3 Å². The molecule has 8 nitrogen and oxygen atoms in total. The lowest BCUT2D eigenvalue weighted by Crippen LogP contribution is -2.26. The molecule has 8 heteroatoms. The standard InChI is InChI=1S/C15H17N5O3/c1-22-9-13-17-15-16-7-11-12(20(15)18-13)4-5-19(14(11)21)8-10-3-2-6-23-10/h4-5,7,10H,2-3,6,8-9H2,1H3. The smallest absolute Gasteiger partial charge is 0.261 e. The molecule has 4 heterocycles. The zero-order chi connectivity index (χ0) is 15.8. The summed E-state index contributed by atoms with van der Waals surface area (Å²) in [6.07, 6.45) is 5.50. The van der Waals surface area contributed by atoms with Crippen molar-refractivity contribution in [3.63, 3.8) is 0 Å². The maximum Gasteiger partial charge on any atom is 0.261 e. The van der Waals surface area contributed by atoms with E-state index in [9.17, 15) is 4.79 Å². The normalized spacial score (nSPS) is 18.2. The lowest BCUT2D eigenvalue weighted by molar-refractivity contribution is 0.0963. The van der Waals surface area contributed by atoms with Crippen molar-refractivity contribution in [2.24, 2.45) is 0 Å². The summed E-state index contributed by atoms with van der Waals surface area (Å²) in [5.41, 5.74) is 0.606. The van der Waals surface area contributed by atoms with Crippen LogP contribution in [-0.2, 0) is 22.6 Å². The van der Waals surface area contributed by atoms with Crippen molar-refractivity contribution in [2.75, 3.05) is 13.7 Å². The van der Waals surface area contributed by atoms with E-state index in [2.05, 4.69) is 15.1 Å². The zero-order valence-electron chi connectivity index (χ0n) is 12.8. The van der Waals surface area contributed by atoms with E-state index in [0.29, 0.717) is 35.7 Å². The number of nitrogens with zero attached hydrogens (tertiary/aromatic N) is 5. The second-order valence-corrected chi connectivity index (χ2v) is 5.64. The average molecular weight is 315 g/mol. The van der Waals surface area contributed by atoms with Crippen molar-refractivity contribution in [2.45, 2.75) is 32.1 Å². The van der Waals surface area contributed by atoms with Crippen LogP contribution in [0, 0.1) is 0 Å². The molecule has 1 fully saturated rings. The quantitative estimate of drug-likeness (QED) is 0.707. The van der Waals surface area contributed by atoms with Crippen LogP contribution in [0.3, 0.4) is 0 Å². The van der Waals surface area contributed by atoms with Crippen molar-refractivity contribution in [3.8, 4) is 0 Å². The van der Waals surface area contributed by atoms with E-state index < -0.39 is 0 Å². The summed E-state index contributed by atoms with van der Waals surface area (Å²) in [7, 11) is 1.58. The predicted octanol–water partition coefficient (Wildman–Crippen LogP) is 0.765. The summed E-state index contributed by atoms with van der Waals surface area (Å²) in [5, 5.41) is 4.87. The number of hydrogen-bond donors (Lipinski definition) is 0. The molecule has 1 saturated heterocycles. The summed E-state index contributed by atoms with van der Waals surface area (Å²) in [4.78, 5) is 21.2. The monoisotopic (exact) mass is 315 g/mol. The Labute approximate surface area is 131 Å². The predicted molar refractivity (Wildman–Crippen MR) is 82.2 cm³/mol. The SMILES string of the molecule is COCc1nc2ncc3c(=O)n(CC4CCCO4)ccc3n2n1. The summed E-state index contributed by atoms with van der Waals surface area (Å²) in [5.74, 6) is 0.997. The number of pyridine rings is 1. The summed E-state index contributed by atoms with van der Waals surface area (Å²) < 4.78 is 13.9. The van der Waals surface area contributed by atoms with Gasteiger partial charge in [-0.1, -0.05) is 0 Å². The Morgan fingerprint density at radius 1 is 1.48 bits per heavy atom. The topological polar surface area (TPSA) is 83.5 Å². The fourth-order valence-electron chi connectivity index (χ4n) is 2.94. The van der Waals surface area contributed by atoms with Crippen LogP contribution in [-0.4, -0.2) is 44.0 Å². The van der Waals surface area contributed by atoms with Gasteiger partial charge < -0.3 is 14.0 Å². The van der Waals surface area contributed by atoms with E-state index in [-0.39, 0.29) is 11.7 Å². The lowest BCUT2D eigenvalue weighted by Gasteiger charge is -2.12. The van der Waals surface area contributed by atoms with Gasteiger partial charge in [-0.05, 0) is 18.9 Å². The third-order valence-electron chi connectivity index (χ3n) is 4.05. The first kappa shape index (κ1) is 14.3. The molecule has 23 heavy (non-hydrogen) atoms. The van der Waals surface area contributed by atoms with Gasteiger partial charge in [0.15, 0.2) is 5.82 Å². The van der Waals surface area contributed by atoms with Crippen LogP contribution >= 0.6 is 0 Å². The maximum absolute atomic E-state index is 12.7. The zero-order valence-corrected chi connectivity index (χ0v) is 12.8. The Bertz CT molecular complexity index is 910. The highest BCUT2D eigenvalue weighted by Gasteiger charge is 2.18. The molecule has 1 unspecified atom stereocenters. The first-order valence-corrected chi connectivity index (χ1v) is 7.60. The molecule has 0 aliphatic carbocycles. The second-order valence-electron chi connectivity index (χ2n) is 5.64. The number of ether oxygens (including phenoxy) is 2. The second kappa shape index (κ2) is 5.71. The van der Waals surface area contributed by atoms with E-state index in [1.165, 1.54) is 0 Å². The average Bonchev–Trinajstić information content (AvgIpc) is 3.19. The van der Waals surface area contributed by atoms with Gasteiger partial charge in [-0.3, -0.25) is 4.79 Å². The van der Waals surface area contributed by atoms with Gasteiger partial charge in [-0.25, -0.2) is 4.98 Å². The van der Waals surface area contributed by atoms with Crippen molar-refractivity contribution in [3.05, 3.63) is 34.6 Å². The highest BCUT2D eigenvalue weighted by atomic mass is 16.5. The molecule has 120 valence electrons. The minimum atomic E-state index is -0.0869. The molecule has 1 aliphatic rings. The number of fused-ring (bicyclic) bond motifs is 3. The molecule has 0 spiro atoms. The largest absolute Gasteiger partial charge is 0.377 e. The first-order valence-electron chi connectivity index (χ1n) is 7.60. The molecule has 1 atom stereocenters. The molecule has 0 bridgehead atoms. The Morgan fingerprint density at radius 2 is 2.39 bits per heavy atom. The number of aromatic nitrogens is 5. The molecule has 0 saturated carbocycles. The Morgan fingerprint density at radius 3 is 3.17 bits per heavy atom. The van der Waals surface area contributed by atoms with Gasteiger partial charge in [0.1, 0.15) is 6.61 Å². The summed E-state index contributed by atoms with van der Waals surface area (Å²) in [6.45, 7) is 1.65. The van der Waals surface area contributed by atoms with Crippen molar-refractivity contribution >= 4 is 16.7 Å². The van der Waals surface area contributed by atoms with Crippen LogP contribution in [0.4, 0.5) is 0 Å². The number of methoxy groups -OCH3 is 1. The van der Waals surface area contributed by atoms with E-state index in [4.69, 9.17) is 9.47 Å². The summed E-state index contributed by atoms with van der Waals surface area (Å²) >= 11 is 0. The molecular weight excluding hydrogens is 298 g/mol. The van der Waals surface area contributed by atoms with E-state index in [1.54, 1.807) is 28.6 Å². The Hall–Kier alpha value is -2.32. The molecular formula is C15H17N5O3. The van der Waals surface area contributed by atoms with Gasteiger partial charge in [0, 0.05) is 26.1 Å². The van der Waals surface area contributed by atoms with Gasteiger partial charge in [0.05, 0.1) is 23.6 Å². The summed E-state index contributed by atoms with van der Waals surface area (Å²) in [6, 6.07) is 1.87. The minimum absolute atomic E-state index is 0.0869. The van der Waals surface area contributed by atoms with Crippen LogP contribution in [0.25, 0.3) is 16.7 Å². The minimum Gasteiger partial charge on any atom is -0.377 e. The molecule has 0 N–H and O–H groups in total. The highest BCUT2D eigenvalue weighted by Crippen LogP contribution is 2.15. The van der Waals surface area contributed by atoms with E-state index in [0.717, 1.165) is 19.4 Å². The van der Waals surface area contributed by atoms with Crippen molar-refractivity contribution in [1.29, 1.82) is 0 Å². The first-order chi connectivity index (χ1) is 11.3. The van der Waals surface area contributed by atoms with Crippen LogP contribution in [0.15, 0.2) is 23.3 Å². The Balaban J connectivity index is 1.80. The molecule has 1 aliphatic heterocycles. The fourth-order valence-corrected chi connectivity index (χ4v) is 2.94. The lowest BCUT2D eigenvalue weighted by atomic mass is 10.2. The van der Waals surface area contributed by atoms with E-state index >= 15 is 0 Å². The van der Waals surface area contributed by atoms with Gasteiger partial charge >= 0.3 is 0 Å². The number of rotatable bonds is 4. The Kier molecular flexibility index (Phi) is 3.55. The van der Waals surface area contributed by atoms with E-state index in [1.807, 2.05) is 6.07 Å². The molecule has 0 amide bonds. The molecule has 4 rings (SSSR count). The van der Waals surface area contributed by atoms with Crippen LogP contribution in [0.5, 0.6) is 0 Å². The fraction of sp³-hybridized carbons (Fsp3) is 0.467. The molecule has 3 aromatic heterocycles. The maximum atomic E-state index is 12.7. The third-order valence-corrected chi connectivity index (χ3v) is 4.05. The van der Waals surface area contributed by atoms with Gasteiger partial charge in [-0.2, -0.15) is 9.50 Å². The van der Waals surface area contributed by atoms with Gasteiger partial charge in [-0.15, -0.1) is 5.10 Å². The highest BCUT2D eigenvalue weighted by molar-refractivity contribution is 5.78. The molecule has 0 aromatic carbocycles. The van der Waals surface area contributed by atoms with Crippen molar-refractivity contribution in [1.82, 2.24) is 24.1 Å².